The van der Waals surface area contributed by atoms with Crippen molar-refractivity contribution in [1.82, 2.24) is 9.96 Å². The van der Waals surface area contributed by atoms with E-state index < -0.39 is 0 Å². The average molecular weight is 334 g/mol. The molecule has 1 saturated heterocycles. The van der Waals surface area contributed by atoms with Gasteiger partial charge in [0.2, 0.25) is 0 Å². The zero-order chi connectivity index (χ0) is 17.3. The third-order valence-electron chi connectivity index (χ3n) is 5.13. The van der Waals surface area contributed by atoms with Crippen LogP contribution in [-0.2, 0) is 24.0 Å². The minimum atomic E-state index is -0.342. The van der Waals surface area contributed by atoms with Gasteiger partial charge in [-0.3, -0.25) is 19.3 Å². The minimum absolute atomic E-state index is 0.0579. The molecule has 0 aromatic rings. The standard InChI is InChI=1S/C17H22N2O5/c1-11-2-7-16(22)19(11)24-17(23)13-5-3-12(4-6-13)10-18-14(20)8-9-15(18)21/h8-9,11-13H,2-7,10H2,1H3. The van der Waals surface area contributed by atoms with Crippen molar-refractivity contribution >= 4 is 23.7 Å². The summed E-state index contributed by atoms with van der Waals surface area (Å²) in [6.07, 6.45) is 6.56. The fraction of sp³-hybridized carbons (Fsp3) is 0.647. The van der Waals surface area contributed by atoms with E-state index in [4.69, 9.17) is 4.84 Å². The topological polar surface area (TPSA) is 84.0 Å². The molecule has 1 aliphatic carbocycles. The van der Waals surface area contributed by atoms with Gasteiger partial charge in [-0.1, -0.05) is 0 Å². The molecule has 0 radical (unpaired) electrons. The number of amides is 3. The van der Waals surface area contributed by atoms with Crippen LogP contribution < -0.4 is 0 Å². The Morgan fingerprint density at radius 3 is 2.25 bits per heavy atom. The number of nitrogens with zero attached hydrogens (tertiary/aromatic N) is 2. The van der Waals surface area contributed by atoms with Crippen molar-refractivity contribution in [3.05, 3.63) is 12.2 Å². The summed E-state index contributed by atoms with van der Waals surface area (Å²) in [5.74, 6) is -1.00. The van der Waals surface area contributed by atoms with Crippen molar-refractivity contribution in [2.45, 2.75) is 51.5 Å². The van der Waals surface area contributed by atoms with E-state index in [9.17, 15) is 19.2 Å². The monoisotopic (exact) mass is 334 g/mol. The van der Waals surface area contributed by atoms with E-state index in [1.807, 2.05) is 6.92 Å². The number of imide groups is 1. The molecule has 7 nitrogen and oxygen atoms in total. The molecule has 0 aromatic carbocycles. The fourth-order valence-electron chi connectivity index (χ4n) is 3.57. The lowest BCUT2D eigenvalue weighted by Crippen LogP contribution is -2.39. The van der Waals surface area contributed by atoms with Crippen LogP contribution in [0, 0.1) is 11.8 Å². The number of hydroxylamine groups is 2. The summed E-state index contributed by atoms with van der Waals surface area (Å²) in [5.41, 5.74) is 0. The summed E-state index contributed by atoms with van der Waals surface area (Å²) < 4.78 is 0. The van der Waals surface area contributed by atoms with Crippen LogP contribution in [0.1, 0.15) is 45.4 Å². The molecule has 7 heteroatoms. The first-order valence-corrected chi connectivity index (χ1v) is 8.53. The van der Waals surface area contributed by atoms with Crippen molar-refractivity contribution in [3.63, 3.8) is 0 Å². The first-order chi connectivity index (χ1) is 11.5. The third kappa shape index (κ3) is 3.34. The van der Waals surface area contributed by atoms with Gasteiger partial charge in [0.05, 0.1) is 12.0 Å². The third-order valence-corrected chi connectivity index (χ3v) is 5.13. The Morgan fingerprint density at radius 1 is 1.08 bits per heavy atom. The van der Waals surface area contributed by atoms with E-state index >= 15 is 0 Å². The maximum atomic E-state index is 12.3. The Balaban J connectivity index is 1.46. The highest BCUT2D eigenvalue weighted by Crippen LogP contribution is 2.31. The van der Waals surface area contributed by atoms with Crippen LogP contribution in [0.25, 0.3) is 0 Å². The fourth-order valence-corrected chi connectivity index (χ4v) is 3.57. The molecule has 3 rings (SSSR count). The van der Waals surface area contributed by atoms with Crippen molar-refractivity contribution in [1.29, 1.82) is 0 Å². The highest BCUT2D eigenvalue weighted by atomic mass is 16.7. The Hall–Kier alpha value is -2.18. The SMILES string of the molecule is CC1CCC(=O)N1OC(=O)C1CCC(CN2C(=O)C=CC2=O)CC1. The molecule has 2 heterocycles. The number of carbonyl (C=O) groups excluding carboxylic acids is 4. The predicted octanol–water partition coefficient (Wildman–Crippen LogP) is 1.19. The Bertz CT molecular complexity index is 574. The van der Waals surface area contributed by atoms with E-state index in [1.54, 1.807) is 0 Å². The number of hydrogen-bond donors (Lipinski definition) is 0. The van der Waals surface area contributed by atoms with Gasteiger partial charge < -0.3 is 4.84 Å². The molecule has 1 atom stereocenters. The van der Waals surface area contributed by atoms with Gasteiger partial charge >= 0.3 is 5.97 Å². The Morgan fingerprint density at radius 2 is 1.71 bits per heavy atom. The zero-order valence-corrected chi connectivity index (χ0v) is 13.8. The first kappa shape index (κ1) is 16.7. The molecular weight excluding hydrogens is 312 g/mol. The Labute approximate surface area is 140 Å². The molecule has 2 aliphatic heterocycles. The van der Waals surface area contributed by atoms with Crippen LogP contribution in [0.4, 0.5) is 0 Å². The second kappa shape index (κ2) is 6.75. The molecule has 1 saturated carbocycles. The second-order valence-electron chi connectivity index (χ2n) is 6.86. The van der Waals surface area contributed by atoms with Crippen LogP contribution in [0.3, 0.4) is 0 Å². The lowest BCUT2D eigenvalue weighted by molar-refractivity contribution is -0.204. The Kier molecular flexibility index (Phi) is 4.69. The molecule has 1 unspecified atom stereocenters. The molecular formula is C17H22N2O5. The second-order valence-corrected chi connectivity index (χ2v) is 6.86. The lowest BCUT2D eigenvalue weighted by atomic mass is 9.82. The molecule has 130 valence electrons. The van der Waals surface area contributed by atoms with Gasteiger partial charge in [0.15, 0.2) is 0 Å². The summed E-state index contributed by atoms with van der Waals surface area (Å²) in [6.45, 7) is 2.28. The molecule has 3 amide bonds. The van der Waals surface area contributed by atoms with Crippen molar-refractivity contribution in [3.8, 4) is 0 Å². The van der Waals surface area contributed by atoms with E-state index in [1.165, 1.54) is 22.1 Å². The summed E-state index contributed by atoms with van der Waals surface area (Å²) in [4.78, 5) is 53.7. The van der Waals surface area contributed by atoms with Crippen LogP contribution in [0.15, 0.2) is 12.2 Å². The zero-order valence-electron chi connectivity index (χ0n) is 13.8. The van der Waals surface area contributed by atoms with Gasteiger partial charge in [0.1, 0.15) is 0 Å². The van der Waals surface area contributed by atoms with Crippen LogP contribution in [0.2, 0.25) is 0 Å². The molecule has 0 aromatic heterocycles. The van der Waals surface area contributed by atoms with Crippen LogP contribution in [0.5, 0.6) is 0 Å². The number of carbonyl (C=O) groups is 4. The summed E-state index contributed by atoms with van der Waals surface area (Å²) in [6, 6.07) is -0.0579. The van der Waals surface area contributed by atoms with E-state index in [2.05, 4.69) is 0 Å². The van der Waals surface area contributed by atoms with Crippen LogP contribution in [-0.4, -0.2) is 46.2 Å². The van der Waals surface area contributed by atoms with E-state index in [0.717, 1.165) is 12.8 Å². The number of rotatable bonds is 4. The quantitative estimate of drug-likeness (QED) is 0.721. The van der Waals surface area contributed by atoms with Gasteiger partial charge in [-0.2, -0.15) is 5.06 Å². The largest absolute Gasteiger partial charge is 0.338 e. The van der Waals surface area contributed by atoms with Crippen molar-refractivity contribution < 1.29 is 24.0 Å². The average Bonchev–Trinajstić information content (AvgIpc) is 3.05. The normalized spacial score (nSPS) is 30.4. The van der Waals surface area contributed by atoms with Gasteiger partial charge in [-0.25, -0.2) is 4.79 Å². The van der Waals surface area contributed by atoms with Crippen molar-refractivity contribution in [2.75, 3.05) is 6.54 Å². The van der Waals surface area contributed by atoms with Gasteiger partial charge in [0, 0.05) is 25.1 Å². The van der Waals surface area contributed by atoms with Gasteiger partial charge in [-0.05, 0) is 44.9 Å². The molecule has 24 heavy (non-hydrogen) atoms. The number of hydrogen-bond acceptors (Lipinski definition) is 5. The summed E-state index contributed by atoms with van der Waals surface area (Å²) in [7, 11) is 0. The van der Waals surface area contributed by atoms with E-state index in [0.29, 0.717) is 32.2 Å². The molecule has 0 spiro atoms. The van der Waals surface area contributed by atoms with Gasteiger partial charge in [0.25, 0.3) is 17.7 Å². The lowest BCUT2D eigenvalue weighted by Gasteiger charge is -2.30. The maximum absolute atomic E-state index is 12.3. The highest BCUT2D eigenvalue weighted by Gasteiger charge is 2.36. The molecule has 2 fully saturated rings. The van der Waals surface area contributed by atoms with Crippen molar-refractivity contribution in [2.24, 2.45) is 11.8 Å². The minimum Gasteiger partial charge on any atom is -0.338 e. The van der Waals surface area contributed by atoms with Gasteiger partial charge in [-0.15, -0.1) is 0 Å². The highest BCUT2D eigenvalue weighted by molar-refractivity contribution is 6.12. The maximum Gasteiger partial charge on any atom is 0.335 e. The first-order valence-electron chi connectivity index (χ1n) is 8.53. The smallest absolute Gasteiger partial charge is 0.335 e. The summed E-state index contributed by atoms with van der Waals surface area (Å²) in [5, 5.41) is 1.21. The van der Waals surface area contributed by atoms with Crippen LogP contribution >= 0.6 is 0 Å². The predicted molar refractivity (Wildman–Crippen MR) is 82.9 cm³/mol. The molecule has 3 aliphatic rings. The molecule has 0 N–H and O–H groups in total. The van der Waals surface area contributed by atoms with E-state index in [-0.39, 0.29) is 41.6 Å². The molecule has 0 bridgehead atoms. The summed E-state index contributed by atoms with van der Waals surface area (Å²) >= 11 is 0.